The Bertz CT molecular complexity index is 1230. The van der Waals surface area contributed by atoms with Gasteiger partial charge in [-0.1, -0.05) is 30.3 Å². The number of pyridine rings is 1. The molecule has 0 aliphatic rings. The van der Waals surface area contributed by atoms with E-state index in [0.717, 1.165) is 22.4 Å². The first-order valence-corrected chi connectivity index (χ1v) is 9.34. The fourth-order valence-corrected chi connectivity index (χ4v) is 3.37. The van der Waals surface area contributed by atoms with Crippen LogP contribution < -0.4 is 10.4 Å². The minimum atomic E-state index is -4.59. The molecule has 0 unspecified atom stereocenters. The minimum Gasteiger partial charge on any atom is -0.489 e. The van der Waals surface area contributed by atoms with Crippen LogP contribution in [0.3, 0.4) is 0 Å². The van der Waals surface area contributed by atoms with Gasteiger partial charge < -0.3 is 4.74 Å². The van der Waals surface area contributed by atoms with Crippen molar-refractivity contribution in [2.75, 3.05) is 0 Å². The zero-order chi connectivity index (χ0) is 21.3. The number of imidazole rings is 1. The van der Waals surface area contributed by atoms with Crippen molar-refractivity contribution in [3.05, 3.63) is 88.5 Å². The van der Waals surface area contributed by atoms with Crippen molar-refractivity contribution in [1.29, 1.82) is 0 Å². The first-order chi connectivity index (χ1) is 14.4. The molecular weight excluding hydrogens is 395 g/mol. The van der Waals surface area contributed by atoms with E-state index in [-0.39, 0.29) is 17.7 Å². The van der Waals surface area contributed by atoms with E-state index in [1.807, 2.05) is 30.3 Å². The number of nitrogens with zero attached hydrogens (tertiary/aromatic N) is 3. The van der Waals surface area contributed by atoms with Crippen LogP contribution in [0.2, 0.25) is 0 Å². The largest absolute Gasteiger partial charge is 0.489 e. The topological polar surface area (TPSA) is 49.0 Å². The Kier molecular flexibility index (Phi) is 5.07. The van der Waals surface area contributed by atoms with Gasteiger partial charge in [-0.05, 0) is 42.8 Å². The van der Waals surface area contributed by atoms with Crippen LogP contribution in [-0.4, -0.2) is 14.1 Å². The summed E-state index contributed by atoms with van der Waals surface area (Å²) in [6.07, 6.45) is -3.52. The normalized spacial score (nSPS) is 11.7. The first-order valence-electron chi connectivity index (χ1n) is 9.34. The monoisotopic (exact) mass is 413 g/mol. The molecule has 0 N–H and O–H groups in total. The summed E-state index contributed by atoms with van der Waals surface area (Å²) in [4.78, 5) is 17.0. The lowest BCUT2D eigenvalue weighted by Gasteiger charge is -2.09. The number of aromatic nitrogens is 3. The number of rotatable bonds is 5. The molecule has 0 bridgehead atoms. The highest BCUT2D eigenvalue weighted by Crippen LogP contribution is 2.34. The number of hydrogen-bond donors (Lipinski definition) is 0. The molecule has 8 heteroatoms. The highest BCUT2D eigenvalue weighted by Gasteiger charge is 2.35. The third-order valence-electron chi connectivity index (χ3n) is 4.77. The predicted octanol–water partition coefficient (Wildman–Crippen LogP) is 4.80. The summed E-state index contributed by atoms with van der Waals surface area (Å²) in [6.45, 7) is 2.10. The molecule has 0 fully saturated rings. The van der Waals surface area contributed by atoms with Gasteiger partial charge in [0.2, 0.25) is 0 Å². The summed E-state index contributed by atoms with van der Waals surface area (Å²) < 4.78 is 48.5. The number of alkyl halides is 3. The molecule has 0 radical (unpaired) electrons. The van der Waals surface area contributed by atoms with Crippen LogP contribution in [0.1, 0.15) is 18.1 Å². The quantitative estimate of drug-likeness (QED) is 0.472. The Morgan fingerprint density at radius 3 is 2.33 bits per heavy atom. The molecule has 2 aromatic carbocycles. The standard InChI is InChI=1S/C22H18F3N3O2/c1-2-27-19-18(22(23,24)25)12-13-26-20(19)28(21(27)29)16-8-10-17(11-9-16)30-14-15-6-4-3-5-7-15/h3-13H,2,14H2,1H3. The van der Waals surface area contributed by atoms with Gasteiger partial charge in [0.25, 0.3) is 0 Å². The molecule has 0 spiro atoms. The van der Waals surface area contributed by atoms with Gasteiger partial charge in [-0.25, -0.2) is 14.3 Å². The molecule has 154 valence electrons. The molecule has 5 nitrogen and oxygen atoms in total. The molecule has 2 heterocycles. The van der Waals surface area contributed by atoms with Gasteiger partial charge in [0.05, 0.1) is 11.3 Å². The SMILES string of the molecule is CCn1c(=O)n(-c2ccc(OCc3ccccc3)cc2)c2nccc(C(F)(F)F)c21. The van der Waals surface area contributed by atoms with E-state index in [9.17, 15) is 18.0 Å². The van der Waals surface area contributed by atoms with Crippen LogP contribution in [0, 0.1) is 0 Å². The Labute approximate surface area is 170 Å². The zero-order valence-corrected chi connectivity index (χ0v) is 16.1. The molecule has 4 aromatic rings. The number of aryl methyl sites for hydroxylation is 1. The van der Waals surface area contributed by atoms with Crippen molar-refractivity contribution >= 4 is 11.2 Å². The Morgan fingerprint density at radius 2 is 1.70 bits per heavy atom. The average molecular weight is 413 g/mol. The second-order valence-corrected chi connectivity index (χ2v) is 6.66. The number of fused-ring (bicyclic) bond motifs is 1. The molecule has 2 aromatic heterocycles. The van der Waals surface area contributed by atoms with Gasteiger partial charge in [-0.2, -0.15) is 13.2 Å². The second-order valence-electron chi connectivity index (χ2n) is 6.66. The fraction of sp³-hybridized carbons (Fsp3) is 0.182. The van der Waals surface area contributed by atoms with Crippen molar-refractivity contribution < 1.29 is 17.9 Å². The van der Waals surface area contributed by atoms with Gasteiger partial charge in [0, 0.05) is 12.7 Å². The van der Waals surface area contributed by atoms with E-state index < -0.39 is 17.4 Å². The van der Waals surface area contributed by atoms with Crippen molar-refractivity contribution in [1.82, 2.24) is 14.1 Å². The highest BCUT2D eigenvalue weighted by atomic mass is 19.4. The molecule has 4 rings (SSSR count). The highest BCUT2D eigenvalue weighted by molar-refractivity contribution is 5.78. The van der Waals surface area contributed by atoms with Gasteiger partial charge >= 0.3 is 11.9 Å². The lowest BCUT2D eigenvalue weighted by atomic mass is 10.2. The van der Waals surface area contributed by atoms with E-state index in [1.54, 1.807) is 31.2 Å². The van der Waals surface area contributed by atoms with Crippen LogP contribution in [0.15, 0.2) is 71.7 Å². The van der Waals surface area contributed by atoms with E-state index in [0.29, 0.717) is 18.0 Å². The van der Waals surface area contributed by atoms with E-state index >= 15 is 0 Å². The van der Waals surface area contributed by atoms with E-state index in [4.69, 9.17) is 4.74 Å². The van der Waals surface area contributed by atoms with Crippen molar-refractivity contribution in [3.63, 3.8) is 0 Å². The Morgan fingerprint density at radius 1 is 1.00 bits per heavy atom. The first kappa shape index (κ1) is 19.8. The van der Waals surface area contributed by atoms with Crippen LogP contribution in [0.25, 0.3) is 16.9 Å². The summed E-state index contributed by atoms with van der Waals surface area (Å²) in [5.74, 6) is 0.582. The van der Waals surface area contributed by atoms with Crippen molar-refractivity contribution in [2.24, 2.45) is 0 Å². The zero-order valence-electron chi connectivity index (χ0n) is 16.1. The Hall–Kier alpha value is -3.55. The van der Waals surface area contributed by atoms with Crippen molar-refractivity contribution in [2.45, 2.75) is 26.3 Å². The molecule has 0 aliphatic heterocycles. The van der Waals surface area contributed by atoms with Gasteiger partial charge in [-0.3, -0.25) is 4.57 Å². The van der Waals surface area contributed by atoms with Crippen LogP contribution >= 0.6 is 0 Å². The third kappa shape index (κ3) is 3.56. The predicted molar refractivity (Wildman–Crippen MR) is 107 cm³/mol. The molecule has 0 atom stereocenters. The molecule has 30 heavy (non-hydrogen) atoms. The van der Waals surface area contributed by atoms with Crippen molar-refractivity contribution in [3.8, 4) is 11.4 Å². The van der Waals surface area contributed by atoms with Crippen LogP contribution in [0.4, 0.5) is 13.2 Å². The maximum atomic E-state index is 13.5. The molecule has 0 aliphatic carbocycles. The van der Waals surface area contributed by atoms with Gasteiger partial charge in [0.1, 0.15) is 17.9 Å². The average Bonchev–Trinajstić information content (AvgIpc) is 3.03. The summed E-state index contributed by atoms with van der Waals surface area (Å²) in [5, 5.41) is 0. The number of halogens is 3. The maximum Gasteiger partial charge on any atom is 0.418 e. The summed E-state index contributed by atoms with van der Waals surface area (Å²) in [7, 11) is 0. The summed E-state index contributed by atoms with van der Waals surface area (Å²) in [6, 6.07) is 17.1. The molecule has 0 saturated heterocycles. The van der Waals surface area contributed by atoms with Crippen LogP contribution in [-0.2, 0) is 19.3 Å². The molecule has 0 saturated carbocycles. The number of ether oxygens (including phenoxy) is 1. The van der Waals surface area contributed by atoms with Crippen LogP contribution in [0.5, 0.6) is 5.75 Å². The number of hydrogen-bond acceptors (Lipinski definition) is 3. The lowest BCUT2D eigenvalue weighted by molar-refractivity contribution is -0.136. The Balaban J connectivity index is 1.73. The third-order valence-corrected chi connectivity index (χ3v) is 4.77. The fourth-order valence-electron chi connectivity index (χ4n) is 3.37. The van der Waals surface area contributed by atoms with Gasteiger partial charge in [0.15, 0.2) is 5.65 Å². The molecular formula is C22H18F3N3O2. The smallest absolute Gasteiger partial charge is 0.418 e. The molecule has 0 amide bonds. The van der Waals surface area contributed by atoms with Gasteiger partial charge in [-0.15, -0.1) is 0 Å². The van der Waals surface area contributed by atoms with E-state index in [2.05, 4.69) is 4.98 Å². The van der Waals surface area contributed by atoms with E-state index in [1.165, 1.54) is 4.57 Å². The number of benzene rings is 2. The maximum absolute atomic E-state index is 13.5. The second kappa shape index (κ2) is 7.70. The summed E-state index contributed by atoms with van der Waals surface area (Å²) in [5.41, 5.74) is -0.289. The summed E-state index contributed by atoms with van der Waals surface area (Å²) >= 11 is 0. The lowest BCUT2D eigenvalue weighted by Crippen LogP contribution is -2.23. The minimum absolute atomic E-state index is 0.0328.